The molecule has 6 rings (SSSR count). The number of nitrogens with zero attached hydrogens (tertiary/aromatic N) is 5. The molecule has 5 heterocycles. The van der Waals surface area contributed by atoms with Gasteiger partial charge in [-0.2, -0.15) is 0 Å². The first-order valence-electron chi connectivity index (χ1n) is 13.4. The number of aromatic nitrogens is 2. The molecular formula is C29H34ClN5O3. The van der Waals surface area contributed by atoms with Crippen molar-refractivity contribution in [2.75, 3.05) is 44.2 Å². The Morgan fingerprint density at radius 1 is 0.921 bits per heavy atom. The van der Waals surface area contributed by atoms with Crippen LogP contribution in [0.4, 0.5) is 5.69 Å². The number of rotatable bonds is 5. The number of hydrogen-bond acceptors (Lipinski definition) is 6. The van der Waals surface area contributed by atoms with Crippen LogP contribution >= 0.6 is 11.6 Å². The molecule has 2 fully saturated rings. The summed E-state index contributed by atoms with van der Waals surface area (Å²) in [6.45, 7) is 7.05. The van der Waals surface area contributed by atoms with Gasteiger partial charge < -0.3 is 19.1 Å². The molecule has 2 saturated heterocycles. The van der Waals surface area contributed by atoms with Gasteiger partial charge in [-0.15, -0.1) is 0 Å². The van der Waals surface area contributed by atoms with Crippen molar-refractivity contribution >= 4 is 17.3 Å². The zero-order chi connectivity index (χ0) is 26.4. The number of fused-ring (bicyclic) bond motifs is 4. The minimum Gasteiger partial charge on any atom is -0.503 e. The maximum absolute atomic E-state index is 12.8. The molecule has 3 aromatic rings. The average molecular weight is 536 g/mol. The molecule has 8 nitrogen and oxygen atoms in total. The molecule has 2 aromatic heterocycles. The summed E-state index contributed by atoms with van der Waals surface area (Å²) >= 11 is 6.18. The van der Waals surface area contributed by atoms with Gasteiger partial charge in [0.2, 0.25) is 5.43 Å². The number of piperazine rings is 1. The van der Waals surface area contributed by atoms with E-state index in [1.165, 1.54) is 0 Å². The van der Waals surface area contributed by atoms with Gasteiger partial charge in [-0.3, -0.25) is 19.4 Å². The summed E-state index contributed by atoms with van der Waals surface area (Å²) in [5, 5.41) is 11.5. The summed E-state index contributed by atoms with van der Waals surface area (Å²) in [6, 6.07) is 15.1. The van der Waals surface area contributed by atoms with Gasteiger partial charge in [-0.1, -0.05) is 23.7 Å². The number of hydrogen-bond donors (Lipinski definition) is 1. The number of aromatic hydroxyl groups is 1. The Balaban J connectivity index is 1.16. The van der Waals surface area contributed by atoms with Gasteiger partial charge in [-0.25, -0.2) is 0 Å². The minimum atomic E-state index is -0.320. The first-order valence-corrected chi connectivity index (χ1v) is 13.8. The number of piperidine rings is 1. The highest BCUT2D eigenvalue weighted by molar-refractivity contribution is 6.30. The van der Waals surface area contributed by atoms with Crippen LogP contribution in [-0.2, 0) is 26.7 Å². The van der Waals surface area contributed by atoms with E-state index in [4.69, 9.17) is 11.6 Å². The van der Waals surface area contributed by atoms with Crippen molar-refractivity contribution in [1.29, 1.82) is 0 Å². The fraction of sp³-hybridized carbons (Fsp3) is 0.448. The molecule has 200 valence electrons. The highest BCUT2D eigenvalue weighted by atomic mass is 35.5. The predicted octanol–water partition coefficient (Wildman–Crippen LogP) is 2.85. The lowest BCUT2D eigenvalue weighted by atomic mass is 9.83. The number of halogens is 1. The van der Waals surface area contributed by atoms with Gasteiger partial charge in [0, 0.05) is 106 Å². The third-order valence-electron chi connectivity index (χ3n) is 8.50. The summed E-state index contributed by atoms with van der Waals surface area (Å²) < 4.78 is 3.94. The molecular weight excluding hydrogens is 502 g/mol. The zero-order valence-electron chi connectivity index (χ0n) is 21.7. The van der Waals surface area contributed by atoms with Crippen molar-refractivity contribution in [2.45, 2.75) is 32.0 Å². The number of anilines is 1. The number of benzene rings is 1. The van der Waals surface area contributed by atoms with Crippen LogP contribution in [0.2, 0.25) is 5.02 Å². The van der Waals surface area contributed by atoms with E-state index in [2.05, 4.69) is 26.8 Å². The van der Waals surface area contributed by atoms with E-state index in [1.807, 2.05) is 40.4 Å². The molecule has 1 N–H and O–H groups in total. The van der Waals surface area contributed by atoms with Gasteiger partial charge in [0.1, 0.15) is 0 Å². The van der Waals surface area contributed by atoms with Crippen LogP contribution in [0.15, 0.2) is 58.1 Å². The Labute approximate surface area is 227 Å². The molecule has 2 bridgehead atoms. The predicted molar refractivity (Wildman–Crippen MR) is 149 cm³/mol. The SMILES string of the molecule is Cn1c(CN2C[C@@H]3C[C@H](C2)c2cccc(=O)n2C3)cc(=O)c(O)c1CN1CCN(c2cccc(Cl)c2)CC1. The number of pyridine rings is 2. The molecule has 3 aliphatic heterocycles. The molecule has 2 atom stereocenters. The molecule has 0 radical (unpaired) electrons. The second kappa shape index (κ2) is 10.2. The summed E-state index contributed by atoms with van der Waals surface area (Å²) in [5.41, 5.74) is 3.58. The maximum Gasteiger partial charge on any atom is 0.250 e. The van der Waals surface area contributed by atoms with E-state index in [-0.39, 0.29) is 16.7 Å². The van der Waals surface area contributed by atoms with Crippen molar-refractivity contribution in [3.63, 3.8) is 0 Å². The van der Waals surface area contributed by atoms with Crippen LogP contribution in [0, 0.1) is 5.92 Å². The van der Waals surface area contributed by atoms with Crippen LogP contribution < -0.4 is 15.9 Å². The largest absolute Gasteiger partial charge is 0.503 e. The van der Waals surface area contributed by atoms with Crippen LogP contribution in [0.25, 0.3) is 0 Å². The van der Waals surface area contributed by atoms with Gasteiger partial charge in [0.25, 0.3) is 5.56 Å². The molecule has 3 aliphatic rings. The second-order valence-electron chi connectivity index (χ2n) is 11.0. The standard InChI is InChI=1S/C29H34ClN5O3/c1-31-24(18-33-15-20-12-21(17-33)25-6-3-7-28(37)35(25)16-20)14-27(36)29(38)26(31)19-32-8-10-34(11-9-32)23-5-2-4-22(30)13-23/h2-7,13-14,20-21,38H,8-12,15-19H2,1H3/t20-,21+/m0/s1. The van der Waals surface area contributed by atoms with E-state index in [0.29, 0.717) is 30.6 Å². The molecule has 0 unspecified atom stereocenters. The van der Waals surface area contributed by atoms with Crippen molar-refractivity contribution in [1.82, 2.24) is 18.9 Å². The quantitative estimate of drug-likeness (QED) is 0.541. The van der Waals surface area contributed by atoms with Gasteiger partial charge in [0.05, 0.1) is 5.69 Å². The molecule has 0 amide bonds. The lowest BCUT2D eigenvalue weighted by Gasteiger charge is -2.43. The van der Waals surface area contributed by atoms with Crippen molar-refractivity contribution in [3.05, 3.63) is 91.2 Å². The first-order chi connectivity index (χ1) is 18.4. The van der Waals surface area contributed by atoms with Crippen LogP contribution in [-0.4, -0.2) is 63.3 Å². The van der Waals surface area contributed by atoms with E-state index in [0.717, 1.165) is 74.3 Å². The fourth-order valence-electron chi connectivity index (χ4n) is 6.53. The van der Waals surface area contributed by atoms with Crippen LogP contribution in [0.3, 0.4) is 0 Å². The van der Waals surface area contributed by atoms with Crippen molar-refractivity contribution in [2.24, 2.45) is 13.0 Å². The normalized spacial score (nSPS) is 21.9. The molecule has 0 spiro atoms. The minimum absolute atomic E-state index is 0.0876. The Hall–Kier alpha value is -3.07. The van der Waals surface area contributed by atoms with Crippen LogP contribution in [0.5, 0.6) is 5.75 Å². The highest BCUT2D eigenvalue weighted by Crippen LogP contribution is 2.35. The zero-order valence-corrected chi connectivity index (χ0v) is 22.5. The topological polar surface area (TPSA) is 73.9 Å². The third kappa shape index (κ3) is 4.88. The van der Waals surface area contributed by atoms with Crippen molar-refractivity contribution in [3.8, 4) is 5.75 Å². The molecule has 38 heavy (non-hydrogen) atoms. The summed E-state index contributed by atoms with van der Waals surface area (Å²) in [5.74, 6) is 0.587. The molecule has 1 aromatic carbocycles. The van der Waals surface area contributed by atoms with Gasteiger partial charge >= 0.3 is 0 Å². The molecule has 0 aliphatic carbocycles. The molecule has 9 heteroatoms. The summed E-state index contributed by atoms with van der Waals surface area (Å²) in [4.78, 5) is 32.2. The monoisotopic (exact) mass is 535 g/mol. The summed E-state index contributed by atoms with van der Waals surface area (Å²) in [7, 11) is 1.95. The smallest absolute Gasteiger partial charge is 0.250 e. The first kappa shape index (κ1) is 25.2. The lowest BCUT2D eigenvalue weighted by Crippen LogP contribution is -2.47. The van der Waals surface area contributed by atoms with E-state index >= 15 is 0 Å². The van der Waals surface area contributed by atoms with E-state index in [9.17, 15) is 14.7 Å². The Kier molecular flexibility index (Phi) is 6.80. The average Bonchev–Trinajstić information content (AvgIpc) is 2.91. The van der Waals surface area contributed by atoms with Crippen LogP contribution in [0.1, 0.15) is 29.4 Å². The Bertz CT molecular complexity index is 1460. The van der Waals surface area contributed by atoms with E-state index in [1.54, 1.807) is 12.1 Å². The Morgan fingerprint density at radius 3 is 2.50 bits per heavy atom. The lowest BCUT2D eigenvalue weighted by molar-refractivity contribution is 0.112. The van der Waals surface area contributed by atoms with Gasteiger partial charge in [-0.05, 0) is 36.6 Å². The van der Waals surface area contributed by atoms with Crippen molar-refractivity contribution < 1.29 is 5.11 Å². The third-order valence-corrected chi connectivity index (χ3v) is 8.74. The van der Waals surface area contributed by atoms with Gasteiger partial charge in [0.15, 0.2) is 5.75 Å². The summed E-state index contributed by atoms with van der Waals surface area (Å²) in [6.07, 6.45) is 1.10. The molecule has 0 saturated carbocycles. The van der Waals surface area contributed by atoms with E-state index < -0.39 is 0 Å². The fourth-order valence-corrected chi connectivity index (χ4v) is 6.71. The second-order valence-corrected chi connectivity index (χ2v) is 11.4. The highest BCUT2D eigenvalue weighted by Gasteiger charge is 2.34. The number of likely N-dealkylation sites (tertiary alicyclic amines) is 1. The maximum atomic E-state index is 12.8. The Morgan fingerprint density at radius 2 is 1.71 bits per heavy atom.